The number of fused-ring (bicyclic) bond motifs is 1. The molecule has 0 unspecified atom stereocenters. The van der Waals surface area contributed by atoms with Crippen LogP contribution in [0.25, 0.3) is 0 Å². The molecule has 0 spiro atoms. The Balaban J connectivity index is 1.30. The number of anilines is 5. The van der Waals surface area contributed by atoms with E-state index in [-0.39, 0.29) is 30.1 Å². The molecule has 172 valence electrons. The van der Waals surface area contributed by atoms with E-state index < -0.39 is 0 Å². The maximum Gasteiger partial charge on any atom is 0.255 e. The smallest absolute Gasteiger partial charge is 0.255 e. The van der Waals surface area contributed by atoms with Gasteiger partial charge < -0.3 is 15.5 Å². The third-order valence-electron chi connectivity index (χ3n) is 6.16. The second-order valence-electron chi connectivity index (χ2n) is 8.96. The van der Waals surface area contributed by atoms with Gasteiger partial charge in [-0.05, 0) is 85.1 Å². The molecular formula is C27H26N4O3. The molecule has 34 heavy (non-hydrogen) atoms. The number of nitrogens with one attached hydrogen (secondary N) is 2. The Kier molecular flexibility index (Phi) is 5.53. The van der Waals surface area contributed by atoms with Gasteiger partial charge in [-0.25, -0.2) is 0 Å². The first kappa shape index (κ1) is 21.7. The van der Waals surface area contributed by atoms with Gasteiger partial charge in [0.2, 0.25) is 11.8 Å². The lowest BCUT2D eigenvalue weighted by atomic mass is 10.1. The van der Waals surface area contributed by atoms with Crippen LogP contribution in [0.5, 0.6) is 0 Å². The quantitative estimate of drug-likeness (QED) is 0.572. The molecule has 3 amide bonds. The lowest BCUT2D eigenvalue weighted by Crippen LogP contribution is -2.20. The Morgan fingerprint density at radius 2 is 1.56 bits per heavy atom. The van der Waals surface area contributed by atoms with Crippen LogP contribution < -0.4 is 20.4 Å². The Morgan fingerprint density at radius 1 is 0.882 bits per heavy atom. The summed E-state index contributed by atoms with van der Waals surface area (Å²) in [4.78, 5) is 41.1. The van der Waals surface area contributed by atoms with Gasteiger partial charge in [-0.1, -0.05) is 0 Å². The summed E-state index contributed by atoms with van der Waals surface area (Å²) < 4.78 is 0. The monoisotopic (exact) mass is 454 g/mol. The molecule has 2 N–H and O–H groups in total. The van der Waals surface area contributed by atoms with Crippen LogP contribution in [-0.4, -0.2) is 31.8 Å². The molecule has 1 heterocycles. The SMILES string of the molecule is CN(C)c1ccc(C(=O)Nc2ccc3c(c2)CC(=O)N3c2ccc(NC(=O)C3CC3)cc2)cc1. The molecule has 7 heteroatoms. The van der Waals surface area contributed by atoms with Crippen LogP contribution in [0.15, 0.2) is 66.7 Å². The van der Waals surface area contributed by atoms with Crippen molar-refractivity contribution in [3.63, 3.8) is 0 Å². The zero-order valence-corrected chi connectivity index (χ0v) is 19.2. The highest BCUT2D eigenvalue weighted by Gasteiger charge is 2.30. The van der Waals surface area contributed by atoms with Crippen molar-refractivity contribution in [2.24, 2.45) is 5.92 Å². The minimum Gasteiger partial charge on any atom is -0.378 e. The number of carbonyl (C=O) groups is 3. The molecule has 0 radical (unpaired) electrons. The van der Waals surface area contributed by atoms with Gasteiger partial charge in [0.15, 0.2) is 0 Å². The number of benzene rings is 3. The van der Waals surface area contributed by atoms with E-state index in [1.54, 1.807) is 23.1 Å². The summed E-state index contributed by atoms with van der Waals surface area (Å²) in [6.45, 7) is 0. The van der Waals surface area contributed by atoms with Gasteiger partial charge in [0.05, 0.1) is 12.1 Å². The molecule has 1 aliphatic carbocycles. The van der Waals surface area contributed by atoms with E-state index in [0.29, 0.717) is 11.3 Å². The zero-order valence-electron chi connectivity index (χ0n) is 19.2. The van der Waals surface area contributed by atoms with Crippen molar-refractivity contribution < 1.29 is 14.4 Å². The highest BCUT2D eigenvalue weighted by atomic mass is 16.2. The molecule has 1 aliphatic heterocycles. The molecule has 1 fully saturated rings. The van der Waals surface area contributed by atoms with E-state index in [1.165, 1.54) is 0 Å². The third kappa shape index (κ3) is 4.37. The maximum absolute atomic E-state index is 12.8. The minimum atomic E-state index is -0.199. The molecule has 0 aromatic heterocycles. The summed E-state index contributed by atoms with van der Waals surface area (Å²) in [5.74, 6) is -0.0415. The number of hydrogen-bond donors (Lipinski definition) is 2. The predicted octanol–water partition coefficient (Wildman–Crippen LogP) is 4.57. The van der Waals surface area contributed by atoms with Gasteiger partial charge in [0.1, 0.15) is 0 Å². The Labute approximate surface area is 198 Å². The molecule has 0 saturated heterocycles. The van der Waals surface area contributed by atoms with E-state index in [9.17, 15) is 14.4 Å². The summed E-state index contributed by atoms with van der Waals surface area (Å²) >= 11 is 0. The number of hydrogen-bond acceptors (Lipinski definition) is 4. The average Bonchev–Trinajstić information content (AvgIpc) is 3.62. The molecule has 2 aliphatic rings. The maximum atomic E-state index is 12.8. The first-order chi connectivity index (χ1) is 16.4. The number of rotatable bonds is 6. The van der Waals surface area contributed by atoms with Gasteiger partial charge in [0.25, 0.3) is 5.91 Å². The van der Waals surface area contributed by atoms with Crippen LogP contribution in [0.4, 0.5) is 28.4 Å². The third-order valence-corrected chi connectivity index (χ3v) is 6.16. The summed E-state index contributed by atoms with van der Waals surface area (Å²) in [6, 6.07) is 20.2. The van der Waals surface area contributed by atoms with Crippen LogP contribution in [-0.2, 0) is 16.0 Å². The Morgan fingerprint density at radius 3 is 2.21 bits per heavy atom. The fraction of sp³-hybridized carbons (Fsp3) is 0.222. The summed E-state index contributed by atoms with van der Waals surface area (Å²) in [5.41, 5.74) is 5.36. The topological polar surface area (TPSA) is 81.8 Å². The van der Waals surface area contributed by atoms with E-state index >= 15 is 0 Å². The zero-order chi connectivity index (χ0) is 23.8. The van der Waals surface area contributed by atoms with Crippen LogP contribution >= 0.6 is 0 Å². The van der Waals surface area contributed by atoms with Gasteiger partial charge in [0, 0.05) is 48.3 Å². The van der Waals surface area contributed by atoms with Crippen molar-refractivity contribution in [1.82, 2.24) is 0 Å². The Hall–Kier alpha value is -4.13. The van der Waals surface area contributed by atoms with Crippen LogP contribution in [0.2, 0.25) is 0 Å². The summed E-state index contributed by atoms with van der Waals surface area (Å²) in [6.07, 6.45) is 2.17. The van der Waals surface area contributed by atoms with Crippen molar-refractivity contribution in [3.8, 4) is 0 Å². The molecule has 5 rings (SSSR count). The second kappa shape index (κ2) is 8.67. The largest absolute Gasteiger partial charge is 0.378 e. The van der Waals surface area contributed by atoms with Gasteiger partial charge >= 0.3 is 0 Å². The van der Waals surface area contributed by atoms with E-state index in [2.05, 4.69) is 10.6 Å². The number of nitrogens with zero attached hydrogens (tertiary/aromatic N) is 2. The molecule has 7 nitrogen and oxygen atoms in total. The van der Waals surface area contributed by atoms with Gasteiger partial charge in [-0.2, -0.15) is 0 Å². The van der Waals surface area contributed by atoms with Gasteiger partial charge in [-0.15, -0.1) is 0 Å². The molecular weight excluding hydrogens is 428 g/mol. The predicted molar refractivity (Wildman–Crippen MR) is 134 cm³/mol. The summed E-state index contributed by atoms with van der Waals surface area (Å²) in [7, 11) is 3.90. The average molecular weight is 455 g/mol. The van der Waals surface area contributed by atoms with E-state index in [1.807, 2.05) is 67.5 Å². The van der Waals surface area contributed by atoms with Crippen molar-refractivity contribution in [3.05, 3.63) is 77.9 Å². The fourth-order valence-electron chi connectivity index (χ4n) is 4.08. The highest BCUT2D eigenvalue weighted by Crippen LogP contribution is 2.37. The molecule has 3 aromatic rings. The van der Waals surface area contributed by atoms with Crippen LogP contribution in [0.3, 0.4) is 0 Å². The van der Waals surface area contributed by atoms with Crippen molar-refractivity contribution in [2.75, 3.05) is 34.5 Å². The second-order valence-corrected chi connectivity index (χ2v) is 8.96. The number of carbonyl (C=O) groups excluding carboxylic acids is 3. The summed E-state index contributed by atoms with van der Waals surface area (Å²) in [5, 5.41) is 5.84. The molecule has 0 bridgehead atoms. The van der Waals surface area contributed by atoms with Crippen molar-refractivity contribution in [1.29, 1.82) is 0 Å². The first-order valence-corrected chi connectivity index (χ1v) is 11.3. The molecule has 3 aromatic carbocycles. The van der Waals surface area contributed by atoms with Crippen molar-refractivity contribution in [2.45, 2.75) is 19.3 Å². The normalized spacial score (nSPS) is 14.5. The Bertz CT molecular complexity index is 1260. The fourth-order valence-corrected chi connectivity index (χ4v) is 4.08. The highest BCUT2D eigenvalue weighted by molar-refractivity contribution is 6.09. The van der Waals surface area contributed by atoms with E-state index in [0.717, 1.165) is 41.2 Å². The van der Waals surface area contributed by atoms with Gasteiger partial charge in [-0.3, -0.25) is 19.3 Å². The standard InChI is InChI=1S/C27H26N4O3/c1-30(2)22-10-5-18(6-11-22)27(34)29-21-9-14-24-19(15-21)16-25(32)31(24)23-12-7-20(8-13-23)28-26(33)17-3-4-17/h5-15,17H,3-4,16H2,1-2H3,(H,28,33)(H,29,34). The number of amides is 3. The lowest BCUT2D eigenvalue weighted by Gasteiger charge is -2.18. The molecule has 0 atom stereocenters. The van der Waals surface area contributed by atoms with Crippen LogP contribution in [0.1, 0.15) is 28.8 Å². The van der Waals surface area contributed by atoms with E-state index in [4.69, 9.17) is 0 Å². The van der Waals surface area contributed by atoms with Crippen molar-refractivity contribution >= 4 is 46.2 Å². The lowest BCUT2D eigenvalue weighted by molar-refractivity contribution is -0.117. The first-order valence-electron chi connectivity index (χ1n) is 11.3. The molecule has 1 saturated carbocycles. The van der Waals surface area contributed by atoms with Crippen LogP contribution in [0, 0.1) is 5.92 Å². The minimum absolute atomic E-state index is 0.0347.